The fourth-order valence-electron chi connectivity index (χ4n) is 3.82. The Morgan fingerprint density at radius 2 is 1.69 bits per heavy atom. The van der Waals surface area contributed by atoms with Gasteiger partial charge >= 0.3 is 0 Å². The van der Waals surface area contributed by atoms with E-state index in [1.807, 2.05) is 55.5 Å². The van der Waals surface area contributed by atoms with Gasteiger partial charge < -0.3 is 13.3 Å². The van der Waals surface area contributed by atoms with Gasteiger partial charge in [0.25, 0.3) is 22.6 Å². The van der Waals surface area contributed by atoms with Crippen molar-refractivity contribution in [3.8, 4) is 23.2 Å². The summed E-state index contributed by atoms with van der Waals surface area (Å²) < 4.78 is 18.5. The molecule has 0 bridgehead atoms. The van der Waals surface area contributed by atoms with Crippen LogP contribution in [0, 0.1) is 6.92 Å². The summed E-state index contributed by atoms with van der Waals surface area (Å²) in [5.41, 5.74) is 2.00. The smallest absolute Gasteiger partial charge is 0.277 e. The van der Waals surface area contributed by atoms with Gasteiger partial charge in [-0.05, 0) is 30.7 Å². The Labute approximate surface area is 208 Å². The standard InChI is InChI=1S/C26H19N5O4S/c1-16-20(27-23(34-16)21-12-7-13-33-21)15-36-26-29-28-24(35-26)22-18-10-5-6-11-19(18)25(32)31(30-22)14-17-8-3-2-4-9-17/h2-13H,14-15H2,1H3. The molecule has 4 heterocycles. The van der Waals surface area contributed by atoms with Crippen LogP contribution in [0.4, 0.5) is 0 Å². The summed E-state index contributed by atoms with van der Waals surface area (Å²) >= 11 is 1.34. The molecule has 10 heteroatoms. The number of aromatic nitrogens is 5. The molecule has 9 nitrogen and oxygen atoms in total. The molecule has 0 amide bonds. The summed E-state index contributed by atoms with van der Waals surface area (Å²) in [7, 11) is 0. The van der Waals surface area contributed by atoms with E-state index in [1.165, 1.54) is 16.4 Å². The first-order valence-electron chi connectivity index (χ1n) is 11.2. The molecule has 0 N–H and O–H groups in total. The molecule has 0 radical (unpaired) electrons. The zero-order valence-electron chi connectivity index (χ0n) is 19.1. The minimum Gasteiger partial charge on any atom is -0.459 e. The lowest BCUT2D eigenvalue weighted by atomic mass is 10.1. The number of hydrogen-bond acceptors (Lipinski definition) is 9. The van der Waals surface area contributed by atoms with Crippen molar-refractivity contribution in [1.82, 2.24) is 25.0 Å². The van der Waals surface area contributed by atoms with Crippen LogP contribution in [0.15, 0.2) is 96.3 Å². The van der Waals surface area contributed by atoms with Gasteiger partial charge in [-0.1, -0.05) is 60.3 Å². The lowest BCUT2D eigenvalue weighted by molar-refractivity contribution is 0.462. The molecule has 6 aromatic rings. The SMILES string of the molecule is Cc1oc(-c2ccco2)nc1CSc1nnc(-c2nn(Cc3ccccc3)c(=O)c3ccccc23)o1. The molecule has 36 heavy (non-hydrogen) atoms. The third kappa shape index (κ3) is 4.22. The quantitative estimate of drug-likeness (QED) is 0.270. The summed E-state index contributed by atoms with van der Waals surface area (Å²) in [5, 5.41) is 14.6. The molecule has 0 unspecified atom stereocenters. The van der Waals surface area contributed by atoms with Crippen molar-refractivity contribution in [3.05, 3.63) is 100 Å². The van der Waals surface area contributed by atoms with Crippen molar-refractivity contribution in [2.24, 2.45) is 0 Å². The van der Waals surface area contributed by atoms with E-state index in [0.717, 1.165) is 11.3 Å². The highest BCUT2D eigenvalue weighted by Gasteiger charge is 2.19. The molecule has 0 aliphatic rings. The van der Waals surface area contributed by atoms with Crippen molar-refractivity contribution >= 4 is 22.5 Å². The maximum absolute atomic E-state index is 13.1. The number of rotatable bonds is 7. The highest BCUT2D eigenvalue weighted by atomic mass is 32.2. The number of oxazole rings is 1. The number of thioether (sulfide) groups is 1. The van der Waals surface area contributed by atoms with Gasteiger partial charge in [0, 0.05) is 11.1 Å². The van der Waals surface area contributed by atoms with E-state index in [1.54, 1.807) is 24.5 Å². The van der Waals surface area contributed by atoms with Gasteiger partial charge in [-0.15, -0.1) is 10.2 Å². The maximum atomic E-state index is 13.1. The Bertz CT molecular complexity index is 1700. The third-order valence-electron chi connectivity index (χ3n) is 5.61. The zero-order chi connectivity index (χ0) is 24.5. The Hall–Kier alpha value is -4.44. The number of aryl methyl sites for hydroxylation is 1. The molecule has 0 aliphatic heterocycles. The van der Waals surface area contributed by atoms with E-state index >= 15 is 0 Å². The average molecular weight is 498 g/mol. The average Bonchev–Trinajstić information content (AvgIpc) is 3.67. The van der Waals surface area contributed by atoms with Crippen molar-refractivity contribution < 1.29 is 13.3 Å². The van der Waals surface area contributed by atoms with Gasteiger partial charge in [-0.25, -0.2) is 9.67 Å². The van der Waals surface area contributed by atoms with Crippen LogP contribution in [0.5, 0.6) is 0 Å². The van der Waals surface area contributed by atoms with E-state index in [-0.39, 0.29) is 11.4 Å². The van der Waals surface area contributed by atoms with E-state index in [2.05, 4.69) is 20.3 Å². The molecular weight excluding hydrogens is 478 g/mol. The van der Waals surface area contributed by atoms with Crippen LogP contribution in [0.1, 0.15) is 17.0 Å². The number of nitrogens with zero attached hydrogens (tertiary/aromatic N) is 5. The van der Waals surface area contributed by atoms with Crippen molar-refractivity contribution in [2.75, 3.05) is 0 Å². The molecule has 0 spiro atoms. The van der Waals surface area contributed by atoms with Gasteiger partial charge in [-0.2, -0.15) is 5.10 Å². The monoisotopic (exact) mass is 497 g/mol. The van der Waals surface area contributed by atoms with Crippen molar-refractivity contribution in [3.63, 3.8) is 0 Å². The molecule has 0 saturated heterocycles. The number of furan rings is 1. The van der Waals surface area contributed by atoms with Gasteiger partial charge in [0.05, 0.1) is 23.9 Å². The van der Waals surface area contributed by atoms with Crippen LogP contribution in [0.25, 0.3) is 34.0 Å². The van der Waals surface area contributed by atoms with Crippen LogP contribution in [-0.4, -0.2) is 25.0 Å². The van der Waals surface area contributed by atoms with Gasteiger partial charge in [-0.3, -0.25) is 4.79 Å². The molecule has 0 atom stereocenters. The Kier molecular flexibility index (Phi) is 5.70. The fraction of sp³-hybridized carbons (Fsp3) is 0.115. The zero-order valence-corrected chi connectivity index (χ0v) is 19.9. The second-order valence-electron chi connectivity index (χ2n) is 8.00. The van der Waals surface area contributed by atoms with E-state index in [4.69, 9.17) is 13.3 Å². The highest BCUT2D eigenvalue weighted by Crippen LogP contribution is 2.30. The molecule has 4 aromatic heterocycles. The summed E-state index contributed by atoms with van der Waals surface area (Å²) in [5.74, 6) is 2.39. The van der Waals surface area contributed by atoms with Crippen LogP contribution < -0.4 is 5.56 Å². The minimum absolute atomic E-state index is 0.179. The molecule has 178 valence electrons. The number of benzene rings is 2. The third-order valence-corrected chi connectivity index (χ3v) is 6.44. The summed E-state index contributed by atoms with van der Waals surface area (Å²) in [6.45, 7) is 2.18. The predicted octanol–water partition coefficient (Wildman–Crippen LogP) is 5.34. The molecule has 2 aromatic carbocycles. The predicted molar refractivity (Wildman–Crippen MR) is 133 cm³/mol. The van der Waals surface area contributed by atoms with Crippen molar-refractivity contribution in [2.45, 2.75) is 24.4 Å². The van der Waals surface area contributed by atoms with Crippen LogP contribution >= 0.6 is 11.8 Å². The molecule has 0 aliphatic carbocycles. The van der Waals surface area contributed by atoms with Crippen molar-refractivity contribution in [1.29, 1.82) is 0 Å². The molecular formula is C26H19N5O4S. The lowest BCUT2D eigenvalue weighted by Gasteiger charge is -2.09. The van der Waals surface area contributed by atoms with E-state index in [9.17, 15) is 4.79 Å². The highest BCUT2D eigenvalue weighted by molar-refractivity contribution is 7.98. The largest absolute Gasteiger partial charge is 0.459 e. The first kappa shape index (κ1) is 22.1. The topological polar surface area (TPSA) is 113 Å². The summed E-state index contributed by atoms with van der Waals surface area (Å²) in [6, 6.07) is 20.6. The minimum atomic E-state index is -0.179. The Balaban J connectivity index is 1.29. The van der Waals surface area contributed by atoms with Gasteiger partial charge in [0.15, 0.2) is 11.5 Å². The number of hydrogen-bond donors (Lipinski definition) is 0. The second kappa shape index (κ2) is 9.31. The van der Waals surface area contributed by atoms with E-state index < -0.39 is 0 Å². The van der Waals surface area contributed by atoms with E-state index in [0.29, 0.717) is 51.4 Å². The maximum Gasteiger partial charge on any atom is 0.277 e. The summed E-state index contributed by atoms with van der Waals surface area (Å²) in [6.07, 6.45) is 1.57. The first-order valence-corrected chi connectivity index (χ1v) is 12.1. The Morgan fingerprint density at radius 3 is 2.50 bits per heavy atom. The van der Waals surface area contributed by atoms with Crippen LogP contribution in [-0.2, 0) is 12.3 Å². The molecule has 0 fully saturated rings. The normalized spacial score (nSPS) is 11.4. The summed E-state index contributed by atoms with van der Waals surface area (Å²) in [4.78, 5) is 17.6. The van der Waals surface area contributed by atoms with Gasteiger partial charge in [0.2, 0.25) is 0 Å². The van der Waals surface area contributed by atoms with Crippen LogP contribution in [0.2, 0.25) is 0 Å². The number of fused-ring (bicyclic) bond motifs is 1. The molecule has 6 rings (SSSR count). The van der Waals surface area contributed by atoms with Crippen LogP contribution in [0.3, 0.4) is 0 Å². The molecule has 0 saturated carbocycles. The second-order valence-corrected chi connectivity index (χ2v) is 8.93. The lowest BCUT2D eigenvalue weighted by Crippen LogP contribution is -2.24. The Morgan fingerprint density at radius 1 is 0.889 bits per heavy atom. The first-order chi connectivity index (χ1) is 17.7. The fourth-order valence-corrected chi connectivity index (χ4v) is 4.58. The van der Waals surface area contributed by atoms with Gasteiger partial charge in [0.1, 0.15) is 5.76 Å².